The Morgan fingerprint density at radius 3 is 2.71 bits per heavy atom. The van der Waals surface area contributed by atoms with Crippen molar-refractivity contribution in [2.45, 2.75) is 39.1 Å². The highest BCUT2D eigenvalue weighted by Gasteiger charge is 2.39. The van der Waals surface area contributed by atoms with Crippen LogP contribution in [-0.2, 0) is 12.7 Å². The van der Waals surface area contributed by atoms with E-state index in [9.17, 15) is 22.4 Å². The lowest BCUT2D eigenvalue weighted by Crippen LogP contribution is -2.31. The van der Waals surface area contributed by atoms with E-state index in [1.54, 1.807) is 13.0 Å². The molecule has 5 N–H and O–H groups in total. The monoisotopic (exact) mass is 595 g/mol. The molecule has 41 heavy (non-hydrogen) atoms. The molecular formula is C26H26F5N7O2S. The number of aromatic nitrogens is 3. The maximum absolute atomic E-state index is 16.3. The Bertz CT molecular complexity index is 1490. The predicted octanol–water partition coefficient (Wildman–Crippen LogP) is 4.96. The van der Waals surface area contributed by atoms with E-state index in [1.165, 1.54) is 11.6 Å². The molecule has 2 aromatic heterocycles. The molecule has 0 bridgehead atoms. The Kier molecular flexibility index (Phi) is 8.75. The normalized spacial score (nSPS) is 17.1. The fraction of sp³-hybridized carbons (Fsp3) is 0.308. The van der Waals surface area contributed by atoms with E-state index in [1.807, 2.05) is 0 Å². The van der Waals surface area contributed by atoms with E-state index in [0.29, 0.717) is 24.7 Å². The molecule has 3 heterocycles. The predicted molar refractivity (Wildman–Crippen MR) is 144 cm³/mol. The highest BCUT2D eigenvalue weighted by molar-refractivity contribution is 7.03. The van der Waals surface area contributed by atoms with Crippen molar-refractivity contribution in [3.8, 4) is 17.1 Å². The van der Waals surface area contributed by atoms with Crippen LogP contribution in [0.4, 0.5) is 33.3 Å². The summed E-state index contributed by atoms with van der Waals surface area (Å²) in [5.74, 6) is -3.60. The number of fused-ring (bicyclic) bond motifs is 1. The second-order valence-electron chi connectivity index (χ2n) is 9.11. The van der Waals surface area contributed by atoms with E-state index in [0.717, 1.165) is 18.5 Å². The summed E-state index contributed by atoms with van der Waals surface area (Å²) in [5.41, 5.74) is 2.27. The first-order valence-corrected chi connectivity index (χ1v) is 13.1. The Balaban J connectivity index is 1.99. The summed E-state index contributed by atoms with van der Waals surface area (Å²) in [5, 5.41) is 8.51. The number of nitrogen functional groups attached to an aromatic ring is 1. The molecule has 0 aliphatic carbocycles. The molecule has 0 saturated carbocycles. The zero-order valence-electron chi connectivity index (χ0n) is 22.0. The van der Waals surface area contributed by atoms with E-state index < -0.39 is 69.5 Å². The number of benzene rings is 1. The van der Waals surface area contributed by atoms with Gasteiger partial charge in [-0.2, -0.15) is 17.5 Å². The molecule has 4 rings (SSSR count). The standard InChI is InChI=1S/C26H26F5N7O2S/c1-4-5-14-9-35-24(39)18-23(34-10-17-36-11-41-38-17)21(28)22(37-25(18)40-12(2)6-7-33-14)15-8-16(32)20(27)13(3)19(15)26(29,30)31/h4-5,8,11-12,33H,1,6-7,9-10,32H2,2-3H3,(H,34,37)(H,35,39)/t12-/m0/s1. The third kappa shape index (κ3) is 6.39. The van der Waals surface area contributed by atoms with Gasteiger partial charge in [0.25, 0.3) is 5.91 Å². The number of nitrogens with two attached hydrogens (primary N) is 1. The SMILES string of the molecule is C=CC=C1CNC(=O)c2c(nc(-c3cc(N)c(F)c(C)c3C(F)(F)F)c(F)c2NCc2ncsn2)O[C@@H](C)CCN1. The minimum Gasteiger partial charge on any atom is -0.474 e. The van der Waals surface area contributed by atoms with Gasteiger partial charge in [0.2, 0.25) is 5.88 Å². The van der Waals surface area contributed by atoms with Crippen LogP contribution in [0.15, 0.2) is 36.0 Å². The number of carbonyl (C=O) groups is 1. The Labute approximate surface area is 235 Å². The van der Waals surface area contributed by atoms with Gasteiger partial charge in [-0.25, -0.2) is 18.7 Å². The van der Waals surface area contributed by atoms with Gasteiger partial charge in [-0.15, -0.1) is 0 Å². The topological polar surface area (TPSA) is 127 Å². The van der Waals surface area contributed by atoms with Gasteiger partial charge in [0.1, 0.15) is 22.6 Å². The van der Waals surface area contributed by atoms with Gasteiger partial charge in [-0.05, 0) is 43.1 Å². The minimum atomic E-state index is -5.09. The number of pyridine rings is 1. The van der Waals surface area contributed by atoms with Gasteiger partial charge < -0.3 is 26.4 Å². The van der Waals surface area contributed by atoms with Crippen molar-refractivity contribution in [1.82, 2.24) is 25.0 Å². The van der Waals surface area contributed by atoms with Crippen molar-refractivity contribution >= 4 is 28.8 Å². The first kappa shape index (κ1) is 29.7. The van der Waals surface area contributed by atoms with Crippen molar-refractivity contribution in [1.29, 1.82) is 0 Å². The summed E-state index contributed by atoms with van der Waals surface area (Å²) in [7, 11) is 0. The molecule has 0 saturated heterocycles. The van der Waals surface area contributed by atoms with Crippen LogP contribution in [0, 0.1) is 18.6 Å². The van der Waals surface area contributed by atoms with Crippen LogP contribution in [-0.4, -0.2) is 39.4 Å². The van der Waals surface area contributed by atoms with Crippen molar-refractivity contribution in [2.24, 2.45) is 0 Å². The number of rotatable bonds is 5. The maximum Gasteiger partial charge on any atom is 0.417 e. The van der Waals surface area contributed by atoms with Gasteiger partial charge in [0, 0.05) is 24.2 Å². The molecule has 1 amide bonds. The molecule has 1 aromatic carbocycles. The lowest BCUT2D eigenvalue weighted by molar-refractivity contribution is -0.137. The molecule has 3 aromatic rings. The molecule has 1 aliphatic rings. The van der Waals surface area contributed by atoms with Gasteiger partial charge in [-0.3, -0.25) is 4.79 Å². The Morgan fingerprint density at radius 1 is 1.29 bits per heavy atom. The molecular weight excluding hydrogens is 569 g/mol. The van der Waals surface area contributed by atoms with Crippen LogP contribution >= 0.6 is 11.5 Å². The van der Waals surface area contributed by atoms with Crippen LogP contribution < -0.4 is 26.4 Å². The van der Waals surface area contributed by atoms with Gasteiger partial charge >= 0.3 is 6.18 Å². The van der Waals surface area contributed by atoms with Crippen LogP contribution in [0.25, 0.3) is 11.3 Å². The highest BCUT2D eigenvalue weighted by atomic mass is 32.1. The summed E-state index contributed by atoms with van der Waals surface area (Å²) < 4.78 is 83.4. The number of alkyl halides is 3. The number of anilines is 2. The summed E-state index contributed by atoms with van der Waals surface area (Å²) >= 11 is 1.03. The first-order chi connectivity index (χ1) is 19.4. The van der Waals surface area contributed by atoms with Gasteiger partial charge in [0.15, 0.2) is 11.6 Å². The van der Waals surface area contributed by atoms with Crippen molar-refractivity contribution in [2.75, 3.05) is 24.1 Å². The number of allylic oxidation sites excluding steroid dienone is 2. The fourth-order valence-corrected chi connectivity index (χ4v) is 4.71. The number of nitrogens with zero attached hydrogens (tertiary/aromatic N) is 3. The lowest BCUT2D eigenvalue weighted by Gasteiger charge is -2.22. The molecule has 1 atom stereocenters. The lowest BCUT2D eigenvalue weighted by atomic mass is 9.95. The molecule has 0 radical (unpaired) electrons. The average Bonchev–Trinajstić information content (AvgIpc) is 3.42. The Hall–Kier alpha value is -4.27. The number of ether oxygens (including phenoxy) is 1. The smallest absolute Gasteiger partial charge is 0.417 e. The zero-order valence-corrected chi connectivity index (χ0v) is 22.8. The molecule has 9 nitrogen and oxygen atoms in total. The second kappa shape index (κ2) is 12.1. The number of amides is 1. The number of hydrogen-bond acceptors (Lipinski definition) is 9. The number of hydrogen-bond donors (Lipinski definition) is 4. The van der Waals surface area contributed by atoms with E-state index in [4.69, 9.17) is 10.5 Å². The molecule has 0 unspecified atom stereocenters. The molecule has 0 fully saturated rings. The largest absolute Gasteiger partial charge is 0.474 e. The van der Waals surface area contributed by atoms with E-state index >= 15 is 4.39 Å². The molecule has 15 heteroatoms. The van der Waals surface area contributed by atoms with E-state index in [-0.39, 0.29) is 24.5 Å². The number of nitrogens with one attached hydrogen (secondary N) is 3. The maximum atomic E-state index is 16.3. The van der Waals surface area contributed by atoms with Crippen molar-refractivity contribution in [3.63, 3.8) is 0 Å². The van der Waals surface area contributed by atoms with Gasteiger partial charge in [-0.1, -0.05) is 12.7 Å². The third-order valence-corrected chi connectivity index (χ3v) is 6.72. The van der Waals surface area contributed by atoms with Crippen molar-refractivity contribution < 1.29 is 31.5 Å². The average molecular weight is 596 g/mol. The second-order valence-corrected chi connectivity index (χ2v) is 9.71. The quantitative estimate of drug-likeness (QED) is 0.241. The Morgan fingerprint density at radius 2 is 2.05 bits per heavy atom. The molecule has 0 spiro atoms. The summed E-state index contributed by atoms with van der Waals surface area (Å²) in [6.07, 6.45) is -2.14. The molecule has 1 aliphatic heterocycles. The summed E-state index contributed by atoms with van der Waals surface area (Å²) in [6, 6.07) is 0.666. The van der Waals surface area contributed by atoms with Crippen LogP contribution in [0.2, 0.25) is 0 Å². The fourth-order valence-electron chi connectivity index (χ4n) is 4.26. The van der Waals surface area contributed by atoms with Crippen LogP contribution in [0.5, 0.6) is 5.88 Å². The van der Waals surface area contributed by atoms with Crippen LogP contribution in [0.1, 0.15) is 40.7 Å². The first-order valence-electron chi connectivity index (χ1n) is 12.3. The summed E-state index contributed by atoms with van der Waals surface area (Å²) in [4.78, 5) is 21.5. The molecule has 218 valence electrons. The number of halogens is 5. The highest BCUT2D eigenvalue weighted by Crippen LogP contribution is 2.44. The zero-order chi connectivity index (χ0) is 29.9. The van der Waals surface area contributed by atoms with Gasteiger partial charge in [0.05, 0.1) is 36.1 Å². The van der Waals surface area contributed by atoms with Crippen molar-refractivity contribution in [3.05, 3.63) is 70.2 Å². The van der Waals surface area contributed by atoms with Crippen LogP contribution in [0.3, 0.4) is 0 Å². The third-order valence-electron chi connectivity index (χ3n) is 6.20. The minimum absolute atomic E-state index is 0.00103. The summed E-state index contributed by atoms with van der Waals surface area (Å²) in [6.45, 7) is 6.43. The van der Waals surface area contributed by atoms with E-state index in [2.05, 4.69) is 36.9 Å². The number of carbonyl (C=O) groups excluding carboxylic acids is 1.